The van der Waals surface area contributed by atoms with Gasteiger partial charge in [0.25, 0.3) is 0 Å². The molecule has 6 heteroatoms. The van der Waals surface area contributed by atoms with Crippen molar-refractivity contribution in [1.82, 2.24) is 0 Å². The quantitative estimate of drug-likeness (QED) is 0.921. The largest absolute Gasteiger partial charge is 0.478 e. The number of nitriles is 1. The lowest BCUT2D eigenvalue weighted by molar-refractivity contribution is 0.0692. The Morgan fingerprint density at radius 3 is 2.70 bits per heavy atom. The number of halogens is 2. The molecule has 1 N–H and O–H groups in total. The molecule has 0 aliphatic rings. The fourth-order valence-electron chi connectivity index (χ4n) is 1.56. The lowest BCUT2D eigenvalue weighted by Crippen LogP contribution is -2.00. The highest BCUT2D eigenvalue weighted by Gasteiger charge is 2.13. The summed E-state index contributed by atoms with van der Waals surface area (Å²) in [6.45, 7) is 0. The van der Waals surface area contributed by atoms with Crippen molar-refractivity contribution in [3.8, 4) is 17.6 Å². The van der Waals surface area contributed by atoms with Crippen LogP contribution in [0.25, 0.3) is 0 Å². The van der Waals surface area contributed by atoms with Gasteiger partial charge in [-0.2, -0.15) is 5.26 Å². The molecule has 2 rings (SSSR count). The standard InChI is InChI=1S/C14H7BrFNO3/c15-11-2-1-3-13(10(11)7-17)20-8-4-5-9(14(18)19)12(16)6-8/h1-6H,(H,18,19). The van der Waals surface area contributed by atoms with E-state index in [2.05, 4.69) is 15.9 Å². The van der Waals surface area contributed by atoms with Crippen molar-refractivity contribution in [2.45, 2.75) is 0 Å². The summed E-state index contributed by atoms with van der Waals surface area (Å²) in [5.41, 5.74) is -0.165. The molecular formula is C14H7BrFNO3. The minimum atomic E-state index is -1.35. The molecule has 0 amide bonds. The van der Waals surface area contributed by atoms with Crippen molar-refractivity contribution in [2.24, 2.45) is 0 Å². The number of rotatable bonds is 3. The first-order valence-electron chi connectivity index (χ1n) is 5.42. The maximum Gasteiger partial charge on any atom is 0.338 e. The van der Waals surface area contributed by atoms with E-state index in [4.69, 9.17) is 15.1 Å². The van der Waals surface area contributed by atoms with Crippen LogP contribution in [0.15, 0.2) is 40.9 Å². The predicted molar refractivity (Wildman–Crippen MR) is 72.3 cm³/mol. The minimum Gasteiger partial charge on any atom is -0.478 e. The molecule has 2 aromatic rings. The van der Waals surface area contributed by atoms with Crippen molar-refractivity contribution in [3.05, 3.63) is 57.8 Å². The lowest BCUT2D eigenvalue weighted by Gasteiger charge is -2.09. The summed E-state index contributed by atoms with van der Waals surface area (Å²) in [7, 11) is 0. The second-order valence-corrected chi connectivity index (χ2v) is 4.63. The van der Waals surface area contributed by atoms with Crippen LogP contribution < -0.4 is 4.74 Å². The monoisotopic (exact) mass is 335 g/mol. The summed E-state index contributed by atoms with van der Waals surface area (Å²) in [6.07, 6.45) is 0. The third-order valence-corrected chi connectivity index (χ3v) is 3.15. The molecule has 0 aromatic heterocycles. The van der Waals surface area contributed by atoms with Gasteiger partial charge in [0.15, 0.2) is 0 Å². The zero-order chi connectivity index (χ0) is 14.7. The van der Waals surface area contributed by atoms with Crippen LogP contribution in [0.2, 0.25) is 0 Å². The van der Waals surface area contributed by atoms with Gasteiger partial charge in [-0.15, -0.1) is 0 Å². The number of carboxylic acid groups (broad SMARTS) is 1. The van der Waals surface area contributed by atoms with Gasteiger partial charge >= 0.3 is 5.97 Å². The van der Waals surface area contributed by atoms with Crippen LogP contribution in [0.4, 0.5) is 4.39 Å². The Kier molecular flexibility index (Phi) is 4.01. The van der Waals surface area contributed by atoms with Crippen molar-refractivity contribution in [2.75, 3.05) is 0 Å². The molecule has 0 saturated carbocycles. The fourth-order valence-corrected chi connectivity index (χ4v) is 1.99. The Bertz CT molecular complexity index is 725. The smallest absolute Gasteiger partial charge is 0.338 e. The number of ether oxygens (including phenoxy) is 1. The molecule has 2 aromatic carbocycles. The van der Waals surface area contributed by atoms with Crippen LogP contribution in [0.1, 0.15) is 15.9 Å². The van der Waals surface area contributed by atoms with Crippen molar-refractivity contribution < 1.29 is 19.0 Å². The van der Waals surface area contributed by atoms with Crippen molar-refractivity contribution in [1.29, 1.82) is 5.26 Å². The molecule has 0 bridgehead atoms. The van der Waals surface area contributed by atoms with E-state index in [0.717, 1.165) is 12.1 Å². The highest BCUT2D eigenvalue weighted by molar-refractivity contribution is 9.10. The molecule has 0 saturated heterocycles. The second-order valence-electron chi connectivity index (χ2n) is 3.77. The van der Waals surface area contributed by atoms with E-state index >= 15 is 0 Å². The highest BCUT2D eigenvalue weighted by atomic mass is 79.9. The van der Waals surface area contributed by atoms with Gasteiger partial charge in [0.05, 0.1) is 5.56 Å². The molecule has 100 valence electrons. The maximum atomic E-state index is 13.5. The van der Waals surface area contributed by atoms with E-state index in [-0.39, 0.29) is 17.1 Å². The van der Waals surface area contributed by atoms with E-state index in [9.17, 15) is 9.18 Å². The molecular weight excluding hydrogens is 329 g/mol. The number of hydrogen-bond acceptors (Lipinski definition) is 3. The van der Waals surface area contributed by atoms with Crippen LogP contribution in [0.5, 0.6) is 11.5 Å². The van der Waals surface area contributed by atoms with E-state index in [0.29, 0.717) is 4.47 Å². The number of nitrogens with zero attached hydrogens (tertiary/aromatic N) is 1. The number of carbonyl (C=O) groups is 1. The van der Waals surface area contributed by atoms with Gasteiger partial charge in [-0.3, -0.25) is 0 Å². The molecule has 0 spiro atoms. The van der Waals surface area contributed by atoms with Gasteiger partial charge in [0.1, 0.15) is 28.9 Å². The van der Waals surface area contributed by atoms with E-state index in [1.807, 2.05) is 6.07 Å². The molecule has 4 nitrogen and oxygen atoms in total. The number of carboxylic acids is 1. The first-order chi connectivity index (χ1) is 9.52. The molecule has 0 radical (unpaired) electrons. The maximum absolute atomic E-state index is 13.5. The Balaban J connectivity index is 2.37. The molecule has 0 fully saturated rings. The van der Waals surface area contributed by atoms with E-state index in [1.165, 1.54) is 6.07 Å². The van der Waals surface area contributed by atoms with Gasteiger partial charge in [-0.05, 0) is 40.2 Å². The zero-order valence-electron chi connectivity index (χ0n) is 9.93. The average molecular weight is 336 g/mol. The summed E-state index contributed by atoms with van der Waals surface area (Å²) in [6, 6.07) is 10.3. The molecule has 20 heavy (non-hydrogen) atoms. The van der Waals surface area contributed by atoms with E-state index < -0.39 is 17.3 Å². The highest BCUT2D eigenvalue weighted by Crippen LogP contribution is 2.30. The third-order valence-electron chi connectivity index (χ3n) is 2.49. The summed E-state index contributed by atoms with van der Waals surface area (Å²) in [5.74, 6) is -1.89. The molecule has 0 aliphatic carbocycles. The summed E-state index contributed by atoms with van der Waals surface area (Å²) in [5, 5.41) is 17.8. The van der Waals surface area contributed by atoms with Crippen LogP contribution in [-0.2, 0) is 0 Å². The predicted octanol–water partition coefficient (Wildman–Crippen LogP) is 3.95. The Labute approximate surface area is 122 Å². The summed E-state index contributed by atoms with van der Waals surface area (Å²) < 4.78 is 19.5. The SMILES string of the molecule is N#Cc1c(Br)cccc1Oc1ccc(C(=O)O)c(F)c1. The van der Waals surface area contributed by atoms with Crippen LogP contribution in [0.3, 0.4) is 0 Å². The molecule has 0 atom stereocenters. The topological polar surface area (TPSA) is 70.3 Å². The summed E-state index contributed by atoms with van der Waals surface area (Å²) in [4.78, 5) is 10.7. The van der Waals surface area contributed by atoms with Gasteiger partial charge < -0.3 is 9.84 Å². The normalized spacial score (nSPS) is 9.85. The first-order valence-corrected chi connectivity index (χ1v) is 6.21. The lowest BCUT2D eigenvalue weighted by atomic mass is 10.2. The zero-order valence-corrected chi connectivity index (χ0v) is 11.5. The number of hydrogen-bond donors (Lipinski definition) is 1. The van der Waals surface area contributed by atoms with Crippen LogP contribution >= 0.6 is 15.9 Å². The van der Waals surface area contributed by atoms with Gasteiger partial charge in [-0.25, -0.2) is 9.18 Å². The van der Waals surface area contributed by atoms with Crippen LogP contribution in [0, 0.1) is 17.1 Å². The average Bonchev–Trinajstić information content (AvgIpc) is 2.38. The van der Waals surface area contributed by atoms with Crippen LogP contribution in [-0.4, -0.2) is 11.1 Å². The van der Waals surface area contributed by atoms with Gasteiger partial charge in [0, 0.05) is 10.5 Å². The van der Waals surface area contributed by atoms with Gasteiger partial charge in [-0.1, -0.05) is 6.07 Å². The molecule has 0 aliphatic heterocycles. The Morgan fingerprint density at radius 2 is 2.10 bits per heavy atom. The summed E-state index contributed by atoms with van der Waals surface area (Å²) >= 11 is 3.21. The third kappa shape index (κ3) is 2.78. The first kappa shape index (κ1) is 14.0. The van der Waals surface area contributed by atoms with Gasteiger partial charge in [0.2, 0.25) is 0 Å². The molecule has 0 unspecified atom stereocenters. The van der Waals surface area contributed by atoms with E-state index in [1.54, 1.807) is 18.2 Å². The Morgan fingerprint density at radius 1 is 1.35 bits per heavy atom. The fraction of sp³-hybridized carbons (Fsp3) is 0. The molecule has 0 heterocycles. The van der Waals surface area contributed by atoms with Crippen molar-refractivity contribution in [3.63, 3.8) is 0 Å². The number of benzene rings is 2. The number of aromatic carboxylic acids is 1. The second kappa shape index (κ2) is 5.72. The van der Waals surface area contributed by atoms with Crippen molar-refractivity contribution >= 4 is 21.9 Å². The Hall–Kier alpha value is -2.39. The minimum absolute atomic E-state index is 0.113.